The molecule has 1 atom stereocenters. The molecule has 0 saturated carbocycles. The summed E-state index contributed by atoms with van der Waals surface area (Å²) in [5.74, 6) is -0.754. The molecule has 1 unspecified atom stereocenters. The predicted octanol–water partition coefficient (Wildman–Crippen LogP) is 5.30. The smallest absolute Gasteiger partial charge is 0.315 e. The largest absolute Gasteiger partial charge is 0.612 e. The van der Waals surface area contributed by atoms with Crippen molar-refractivity contribution in [1.29, 1.82) is 0 Å². The van der Waals surface area contributed by atoms with E-state index in [1.54, 1.807) is 31.4 Å². The number of aryl methyl sites for hydroxylation is 1. The lowest BCUT2D eigenvalue weighted by atomic mass is 10.0. The van der Waals surface area contributed by atoms with Crippen LogP contribution in [0, 0.1) is 22.9 Å². The highest BCUT2D eigenvalue weighted by Crippen LogP contribution is 2.44. The number of rotatable bonds is 8. The second-order valence-corrected chi connectivity index (χ2v) is 9.79. The normalized spacial score (nSPS) is 14.5. The van der Waals surface area contributed by atoms with Gasteiger partial charge in [0, 0.05) is 0 Å². The number of halogens is 1. The number of carbonyl (C=O) groups is 1. The van der Waals surface area contributed by atoms with Gasteiger partial charge in [-0.25, -0.2) is 4.39 Å². The van der Waals surface area contributed by atoms with Crippen molar-refractivity contribution < 1.29 is 28.4 Å². The van der Waals surface area contributed by atoms with E-state index < -0.39 is 28.0 Å². The van der Waals surface area contributed by atoms with Crippen LogP contribution in [-0.2, 0) is 27.4 Å². The maximum Gasteiger partial charge on any atom is 0.315 e. The van der Waals surface area contributed by atoms with Crippen molar-refractivity contribution in [2.24, 2.45) is 0 Å². The average molecular weight is 523 g/mol. The molecule has 0 radical (unpaired) electrons. The van der Waals surface area contributed by atoms with E-state index >= 15 is 0 Å². The Balaban J connectivity index is 1.58. The Labute approximate surface area is 215 Å². The standard InChI is InChI=1S/C27H23FN2O6S/c1-16-23(12-18-4-8-21(9-5-18)37(3)34)22-10-6-19(28)13-25(22)24(16)14-27(31)36-26-11-7-20(29-17(26)2)15-35-30(32)33/h4-13H,14-15H2,1-3H3/b23-12-. The molecule has 2 aromatic carbocycles. The number of allylic oxidation sites excluding steroid dienone is 2. The van der Waals surface area contributed by atoms with E-state index in [9.17, 15) is 23.9 Å². The Hall–Kier alpha value is -4.02. The molecule has 0 N–H and O–H groups in total. The summed E-state index contributed by atoms with van der Waals surface area (Å²) >= 11 is -1.08. The molecule has 1 aliphatic rings. The molecule has 3 aromatic rings. The summed E-state index contributed by atoms with van der Waals surface area (Å²) in [4.78, 5) is 32.5. The van der Waals surface area contributed by atoms with Crippen LogP contribution < -0.4 is 4.74 Å². The van der Waals surface area contributed by atoms with Crippen molar-refractivity contribution in [3.63, 3.8) is 0 Å². The van der Waals surface area contributed by atoms with Crippen LogP contribution in [0.25, 0.3) is 17.2 Å². The molecule has 4 rings (SSSR count). The van der Waals surface area contributed by atoms with Gasteiger partial charge in [-0.15, -0.1) is 10.1 Å². The molecule has 0 fully saturated rings. The molecule has 8 nitrogen and oxygen atoms in total. The second kappa shape index (κ2) is 10.9. The molecule has 1 aliphatic carbocycles. The number of benzene rings is 2. The van der Waals surface area contributed by atoms with Crippen molar-refractivity contribution in [2.75, 3.05) is 6.26 Å². The van der Waals surface area contributed by atoms with Crippen LogP contribution in [0.5, 0.6) is 5.75 Å². The van der Waals surface area contributed by atoms with Gasteiger partial charge >= 0.3 is 5.97 Å². The summed E-state index contributed by atoms with van der Waals surface area (Å²) in [6, 6.07) is 14.8. The van der Waals surface area contributed by atoms with Crippen molar-refractivity contribution in [1.82, 2.24) is 4.98 Å². The lowest BCUT2D eigenvalue weighted by Gasteiger charge is -2.10. The Morgan fingerprint density at radius 1 is 1.11 bits per heavy atom. The van der Waals surface area contributed by atoms with Gasteiger partial charge in [-0.2, -0.15) is 0 Å². The third-order valence-corrected chi connectivity index (χ3v) is 6.87. The minimum Gasteiger partial charge on any atom is -0.612 e. The van der Waals surface area contributed by atoms with Gasteiger partial charge in [-0.3, -0.25) is 9.78 Å². The number of hydrogen-bond donors (Lipinski definition) is 0. The first-order valence-electron chi connectivity index (χ1n) is 11.2. The van der Waals surface area contributed by atoms with Gasteiger partial charge in [-0.05, 0) is 113 Å². The summed E-state index contributed by atoms with van der Waals surface area (Å²) in [5, 5.41) is 9.47. The maximum absolute atomic E-state index is 14.2. The molecule has 10 heteroatoms. The highest BCUT2D eigenvalue weighted by molar-refractivity contribution is 7.90. The maximum atomic E-state index is 14.2. The van der Waals surface area contributed by atoms with Gasteiger partial charge in [0.15, 0.2) is 10.6 Å². The SMILES string of the molecule is CC1=C(CC(=O)Oc2ccc(CO[N+](=O)[O-])nc2C)c2cc(F)ccc2/C1=C\c1ccc([S+](C)[O-])cc1. The van der Waals surface area contributed by atoms with E-state index in [-0.39, 0.29) is 18.8 Å². The monoisotopic (exact) mass is 522 g/mol. The van der Waals surface area contributed by atoms with Crippen LogP contribution in [0.2, 0.25) is 0 Å². The van der Waals surface area contributed by atoms with Crippen LogP contribution in [-0.4, -0.2) is 26.8 Å². The van der Waals surface area contributed by atoms with Crippen LogP contribution in [0.4, 0.5) is 4.39 Å². The highest BCUT2D eigenvalue weighted by Gasteiger charge is 2.26. The number of carbonyl (C=O) groups excluding carboxylic acids is 1. The van der Waals surface area contributed by atoms with Crippen LogP contribution in [0.15, 0.2) is 65.1 Å². The number of aromatic nitrogens is 1. The fourth-order valence-electron chi connectivity index (χ4n) is 4.11. The number of hydrogen-bond acceptors (Lipinski definition) is 7. The molecular formula is C27H23FN2O6S. The van der Waals surface area contributed by atoms with Crippen molar-refractivity contribution in [3.05, 3.63) is 104 Å². The topological polar surface area (TPSA) is 115 Å². The van der Waals surface area contributed by atoms with Crippen molar-refractivity contribution >= 4 is 34.4 Å². The van der Waals surface area contributed by atoms with E-state index in [0.29, 0.717) is 22.5 Å². The summed E-state index contributed by atoms with van der Waals surface area (Å²) in [6.07, 6.45) is 3.47. The van der Waals surface area contributed by atoms with Gasteiger partial charge in [0.1, 0.15) is 18.7 Å². The molecule has 0 amide bonds. The lowest BCUT2D eigenvalue weighted by Crippen LogP contribution is -2.11. The molecule has 0 saturated heterocycles. The van der Waals surface area contributed by atoms with Gasteiger partial charge < -0.3 is 14.1 Å². The first kappa shape index (κ1) is 26.1. The summed E-state index contributed by atoms with van der Waals surface area (Å²) in [5.41, 5.74) is 5.33. The third-order valence-electron chi connectivity index (χ3n) is 5.93. The number of ether oxygens (including phenoxy) is 1. The second-order valence-electron chi connectivity index (χ2n) is 8.41. The summed E-state index contributed by atoms with van der Waals surface area (Å²) in [6.45, 7) is 3.17. The van der Waals surface area contributed by atoms with Gasteiger partial charge in [0.2, 0.25) is 0 Å². The molecule has 1 heterocycles. The van der Waals surface area contributed by atoms with Crippen LogP contribution in [0.3, 0.4) is 0 Å². The number of nitrogens with zero attached hydrogens (tertiary/aromatic N) is 2. The zero-order chi connectivity index (χ0) is 26.7. The Morgan fingerprint density at radius 3 is 2.49 bits per heavy atom. The van der Waals surface area contributed by atoms with E-state index in [4.69, 9.17) is 4.74 Å². The van der Waals surface area contributed by atoms with E-state index in [1.165, 1.54) is 24.3 Å². The third kappa shape index (κ3) is 6.04. The van der Waals surface area contributed by atoms with Crippen LogP contribution >= 0.6 is 0 Å². The van der Waals surface area contributed by atoms with Crippen molar-refractivity contribution in [2.45, 2.75) is 31.8 Å². The quantitative estimate of drug-likeness (QED) is 0.171. The Bertz CT molecular complexity index is 1430. The lowest BCUT2D eigenvalue weighted by molar-refractivity contribution is -0.763. The predicted molar refractivity (Wildman–Crippen MR) is 137 cm³/mol. The van der Waals surface area contributed by atoms with Gasteiger partial charge in [-0.1, -0.05) is 6.07 Å². The number of pyridine rings is 1. The van der Waals surface area contributed by atoms with Gasteiger partial charge in [0.05, 0.1) is 17.8 Å². The Kier molecular flexibility index (Phi) is 7.70. The summed E-state index contributed by atoms with van der Waals surface area (Å²) in [7, 11) is 0. The zero-order valence-corrected chi connectivity index (χ0v) is 21.1. The number of esters is 1. The van der Waals surface area contributed by atoms with E-state index in [2.05, 4.69) is 9.82 Å². The molecule has 0 spiro atoms. The van der Waals surface area contributed by atoms with Gasteiger partial charge in [0.25, 0.3) is 5.09 Å². The molecular weight excluding hydrogens is 499 g/mol. The molecule has 190 valence electrons. The molecule has 0 bridgehead atoms. The van der Waals surface area contributed by atoms with Crippen LogP contribution in [0.1, 0.15) is 41.4 Å². The zero-order valence-electron chi connectivity index (χ0n) is 20.3. The van der Waals surface area contributed by atoms with Crippen molar-refractivity contribution in [3.8, 4) is 5.75 Å². The summed E-state index contributed by atoms with van der Waals surface area (Å²) < 4.78 is 31.4. The van der Waals surface area contributed by atoms with E-state index in [1.807, 2.05) is 25.1 Å². The minimum absolute atomic E-state index is 0.0982. The molecule has 37 heavy (non-hydrogen) atoms. The Morgan fingerprint density at radius 2 is 1.84 bits per heavy atom. The number of fused-ring (bicyclic) bond motifs is 1. The highest BCUT2D eigenvalue weighted by atomic mass is 32.2. The first-order valence-corrected chi connectivity index (χ1v) is 12.8. The minimum atomic E-state index is -1.08. The first-order chi connectivity index (χ1) is 17.6. The molecule has 1 aromatic heterocycles. The fourth-order valence-corrected chi connectivity index (χ4v) is 4.63. The fraction of sp³-hybridized carbons (Fsp3) is 0.185. The van der Waals surface area contributed by atoms with E-state index in [0.717, 1.165) is 27.2 Å². The average Bonchev–Trinajstić information content (AvgIpc) is 3.09. The molecule has 0 aliphatic heterocycles.